The fourth-order valence-corrected chi connectivity index (χ4v) is 2.54. The van der Waals surface area contributed by atoms with Gasteiger partial charge < -0.3 is 4.90 Å². The molecule has 1 atom stereocenters. The van der Waals surface area contributed by atoms with Crippen LogP contribution < -0.4 is 4.90 Å². The highest BCUT2D eigenvalue weighted by Crippen LogP contribution is 2.31. The first kappa shape index (κ1) is 12.2. The van der Waals surface area contributed by atoms with Crippen LogP contribution in [0.4, 0.5) is 5.69 Å². The third kappa shape index (κ3) is 1.79. The van der Waals surface area contributed by atoms with Gasteiger partial charge in [-0.15, -0.1) is 12.3 Å². The van der Waals surface area contributed by atoms with Gasteiger partial charge in [-0.2, -0.15) is 5.26 Å². The number of nitrogens with zero attached hydrogens (tertiary/aromatic N) is 3. The van der Waals surface area contributed by atoms with Crippen LogP contribution in [0.3, 0.4) is 0 Å². The number of anilines is 1. The minimum Gasteiger partial charge on any atom is -0.310 e. The molecule has 0 radical (unpaired) electrons. The SMILES string of the molecule is C#CC1CC(=O)N(c2ccc3ncccc3c2C#N)C1. The number of fused-ring (bicyclic) bond motifs is 1. The number of rotatable bonds is 1. The normalized spacial score (nSPS) is 18.0. The molecule has 4 nitrogen and oxygen atoms in total. The number of nitriles is 1. The van der Waals surface area contributed by atoms with Gasteiger partial charge in [0.15, 0.2) is 0 Å². The van der Waals surface area contributed by atoms with E-state index in [9.17, 15) is 10.1 Å². The highest BCUT2D eigenvalue weighted by atomic mass is 16.2. The molecule has 1 amide bonds. The largest absolute Gasteiger partial charge is 0.310 e. The monoisotopic (exact) mass is 261 g/mol. The first-order chi connectivity index (χ1) is 9.74. The number of aromatic nitrogens is 1. The Kier molecular flexibility index (Phi) is 2.85. The fraction of sp³-hybridized carbons (Fsp3) is 0.188. The summed E-state index contributed by atoms with van der Waals surface area (Å²) in [7, 11) is 0. The van der Waals surface area contributed by atoms with Gasteiger partial charge in [-0.05, 0) is 24.3 Å². The van der Waals surface area contributed by atoms with Crippen molar-refractivity contribution in [1.29, 1.82) is 5.26 Å². The standard InChI is InChI=1S/C16H11N3O/c1-2-11-8-16(20)19(10-11)15-6-5-14-12(13(15)9-17)4-3-7-18-14/h1,3-7,11H,8,10H2. The molecule has 4 heteroatoms. The smallest absolute Gasteiger partial charge is 0.228 e. The number of terminal acetylenes is 1. The number of benzene rings is 1. The van der Waals surface area contributed by atoms with Crippen molar-refractivity contribution in [3.8, 4) is 18.4 Å². The van der Waals surface area contributed by atoms with Gasteiger partial charge in [-0.3, -0.25) is 9.78 Å². The van der Waals surface area contributed by atoms with Crippen LogP contribution in [0, 0.1) is 29.6 Å². The number of hydrogen-bond donors (Lipinski definition) is 0. The first-order valence-corrected chi connectivity index (χ1v) is 6.29. The lowest BCUT2D eigenvalue weighted by Gasteiger charge is -2.18. The predicted octanol–water partition coefficient (Wildman–Crippen LogP) is 2.09. The molecule has 0 spiro atoms. The van der Waals surface area contributed by atoms with E-state index in [0.29, 0.717) is 24.2 Å². The zero-order chi connectivity index (χ0) is 14.1. The number of hydrogen-bond acceptors (Lipinski definition) is 3. The number of carbonyl (C=O) groups excluding carboxylic acids is 1. The van der Waals surface area contributed by atoms with E-state index in [1.54, 1.807) is 23.2 Å². The molecule has 0 bridgehead atoms. The van der Waals surface area contributed by atoms with E-state index in [2.05, 4.69) is 17.0 Å². The van der Waals surface area contributed by atoms with Crippen LogP contribution in [0.2, 0.25) is 0 Å². The van der Waals surface area contributed by atoms with Crippen molar-refractivity contribution in [1.82, 2.24) is 4.98 Å². The second-order valence-electron chi connectivity index (χ2n) is 4.71. The molecular formula is C16H11N3O. The van der Waals surface area contributed by atoms with Crippen LogP contribution >= 0.6 is 0 Å². The average molecular weight is 261 g/mol. The Morgan fingerprint density at radius 2 is 2.25 bits per heavy atom. The Labute approximate surface area is 116 Å². The summed E-state index contributed by atoms with van der Waals surface area (Å²) in [6.45, 7) is 0.468. The van der Waals surface area contributed by atoms with Gasteiger partial charge in [0.1, 0.15) is 6.07 Å². The lowest BCUT2D eigenvalue weighted by molar-refractivity contribution is -0.117. The van der Waals surface area contributed by atoms with Gasteiger partial charge in [0.2, 0.25) is 5.91 Å². The summed E-state index contributed by atoms with van der Waals surface area (Å²) in [5, 5.41) is 10.2. The fourth-order valence-electron chi connectivity index (χ4n) is 2.54. The van der Waals surface area contributed by atoms with E-state index < -0.39 is 0 Å². The molecule has 1 aliphatic heterocycles. The van der Waals surface area contributed by atoms with Crippen molar-refractivity contribution in [2.24, 2.45) is 5.92 Å². The van der Waals surface area contributed by atoms with Gasteiger partial charge in [0.05, 0.1) is 16.8 Å². The molecule has 1 aromatic heterocycles. The zero-order valence-electron chi connectivity index (χ0n) is 10.7. The maximum absolute atomic E-state index is 12.1. The van der Waals surface area contributed by atoms with Crippen molar-refractivity contribution in [2.75, 3.05) is 11.4 Å². The third-order valence-corrected chi connectivity index (χ3v) is 3.53. The molecule has 3 rings (SSSR count). The summed E-state index contributed by atoms with van der Waals surface area (Å²) >= 11 is 0. The Morgan fingerprint density at radius 1 is 1.40 bits per heavy atom. The molecule has 1 aliphatic rings. The molecule has 1 saturated heterocycles. The van der Waals surface area contributed by atoms with E-state index in [4.69, 9.17) is 6.42 Å². The van der Waals surface area contributed by atoms with Gasteiger partial charge >= 0.3 is 0 Å². The quantitative estimate of drug-likeness (QED) is 0.738. The van der Waals surface area contributed by atoms with Gasteiger partial charge in [-0.25, -0.2) is 0 Å². The molecule has 1 fully saturated rings. The summed E-state index contributed by atoms with van der Waals surface area (Å²) in [5.74, 6) is 2.49. The molecule has 2 heterocycles. The van der Waals surface area contributed by atoms with Crippen molar-refractivity contribution >= 4 is 22.5 Å². The summed E-state index contributed by atoms with van der Waals surface area (Å²) < 4.78 is 0. The Bertz CT molecular complexity index is 782. The average Bonchev–Trinajstić information content (AvgIpc) is 2.87. The molecule has 0 saturated carbocycles. The zero-order valence-corrected chi connectivity index (χ0v) is 10.7. The van der Waals surface area contributed by atoms with Crippen molar-refractivity contribution < 1.29 is 4.79 Å². The molecule has 1 aromatic carbocycles. The van der Waals surface area contributed by atoms with Crippen molar-refractivity contribution in [2.45, 2.75) is 6.42 Å². The minimum atomic E-state index is -0.0846. The lowest BCUT2D eigenvalue weighted by Crippen LogP contribution is -2.25. The molecular weight excluding hydrogens is 250 g/mol. The predicted molar refractivity (Wildman–Crippen MR) is 75.8 cm³/mol. The molecule has 0 aliphatic carbocycles. The second-order valence-corrected chi connectivity index (χ2v) is 4.71. The van der Waals surface area contributed by atoms with Crippen molar-refractivity contribution in [3.63, 3.8) is 0 Å². The third-order valence-electron chi connectivity index (χ3n) is 3.53. The second kappa shape index (κ2) is 4.68. The maximum atomic E-state index is 12.1. The first-order valence-electron chi connectivity index (χ1n) is 6.29. The summed E-state index contributed by atoms with van der Waals surface area (Å²) in [4.78, 5) is 17.9. The maximum Gasteiger partial charge on any atom is 0.228 e. The molecule has 96 valence electrons. The topological polar surface area (TPSA) is 57.0 Å². The highest BCUT2D eigenvalue weighted by Gasteiger charge is 2.31. The van der Waals surface area contributed by atoms with Crippen LogP contribution in [-0.2, 0) is 4.79 Å². The molecule has 2 aromatic rings. The summed E-state index contributed by atoms with van der Waals surface area (Å²) in [6.07, 6.45) is 7.41. The van der Waals surface area contributed by atoms with E-state index in [1.165, 1.54) is 0 Å². The lowest BCUT2D eigenvalue weighted by atomic mass is 10.1. The molecule has 1 unspecified atom stereocenters. The number of amides is 1. The van der Waals surface area contributed by atoms with Gasteiger partial charge in [0.25, 0.3) is 0 Å². The van der Waals surface area contributed by atoms with Crippen LogP contribution in [-0.4, -0.2) is 17.4 Å². The van der Waals surface area contributed by atoms with Crippen LogP contribution in [0.5, 0.6) is 0 Å². The van der Waals surface area contributed by atoms with Crippen LogP contribution in [0.15, 0.2) is 30.5 Å². The van der Waals surface area contributed by atoms with E-state index in [0.717, 1.165) is 10.9 Å². The van der Waals surface area contributed by atoms with E-state index in [-0.39, 0.29) is 11.8 Å². The van der Waals surface area contributed by atoms with E-state index in [1.807, 2.05) is 12.1 Å². The number of carbonyl (C=O) groups is 1. The van der Waals surface area contributed by atoms with Crippen LogP contribution in [0.25, 0.3) is 10.9 Å². The van der Waals surface area contributed by atoms with Crippen LogP contribution in [0.1, 0.15) is 12.0 Å². The summed E-state index contributed by atoms with van der Waals surface area (Å²) in [5.41, 5.74) is 1.84. The molecule has 20 heavy (non-hydrogen) atoms. The van der Waals surface area contributed by atoms with E-state index >= 15 is 0 Å². The summed E-state index contributed by atoms with van der Waals surface area (Å²) in [6, 6.07) is 9.39. The minimum absolute atomic E-state index is 0.0345. The van der Waals surface area contributed by atoms with Gasteiger partial charge in [-0.1, -0.05) is 0 Å². The Morgan fingerprint density at radius 3 is 2.95 bits per heavy atom. The van der Waals surface area contributed by atoms with Gasteiger partial charge in [0, 0.05) is 30.5 Å². The van der Waals surface area contributed by atoms with Crippen molar-refractivity contribution in [3.05, 3.63) is 36.0 Å². The molecule has 0 N–H and O–H groups in total. The number of pyridine rings is 1. The Balaban J connectivity index is 2.16. The Hall–Kier alpha value is -2.85. The highest BCUT2D eigenvalue weighted by molar-refractivity contribution is 6.01.